The van der Waals surface area contributed by atoms with Crippen molar-refractivity contribution in [3.63, 3.8) is 0 Å². The number of likely N-dealkylation sites (tertiary alicyclic amines) is 1. The lowest BCUT2D eigenvalue weighted by atomic mass is 10.1. The Balaban J connectivity index is 1.26. The molecule has 2 aliphatic rings. The van der Waals surface area contributed by atoms with Crippen molar-refractivity contribution in [1.29, 1.82) is 0 Å². The summed E-state index contributed by atoms with van der Waals surface area (Å²) in [5.41, 5.74) is 2.87. The second-order valence-electron chi connectivity index (χ2n) is 9.11. The van der Waals surface area contributed by atoms with E-state index in [0.29, 0.717) is 31.9 Å². The molecule has 0 unspecified atom stereocenters. The molecule has 0 atom stereocenters. The molecule has 1 fully saturated rings. The molecule has 9 nitrogen and oxygen atoms in total. The molecule has 0 aliphatic carbocycles. The zero-order valence-electron chi connectivity index (χ0n) is 19.9. The quantitative estimate of drug-likeness (QED) is 0.585. The number of hydrogen-bond acceptors (Lipinski definition) is 5. The van der Waals surface area contributed by atoms with Crippen LogP contribution in [0.1, 0.15) is 57.8 Å². The normalized spacial score (nSPS) is 16.3. The summed E-state index contributed by atoms with van der Waals surface area (Å²) in [6, 6.07) is 9.68. The first kappa shape index (κ1) is 23.9. The number of rotatable bonds is 9. The molecule has 0 spiro atoms. The van der Waals surface area contributed by atoms with E-state index < -0.39 is 0 Å². The Morgan fingerprint density at radius 3 is 2.62 bits per heavy atom. The fraction of sp³-hybridized carbons (Fsp3) is 0.520. The van der Waals surface area contributed by atoms with Crippen LogP contribution in [-0.2, 0) is 17.9 Å². The van der Waals surface area contributed by atoms with Gasteiger partial charge in [-0.05, 0) is 44.8 Å². The van der Waals surface area contributed by atoms with E-state index in [1.807, 2.05) is 30.0 Å². The van der Waals surface area contributed by atoms with Crippen LogP contribution in [0.3, 0.4) is 0 Å². The third-order valence-corrected chi connectivity index (χ3v) is 6.36. The molecule has 182 valence electrons. The predicted octanol–water partition coefficient (Wildman–Crippen LogP) is 1.57. The maximum atomic E-state index is 13.1. The van der Waals surface area contributed by atoms with Gasteiger partial charge in [-0.2, -0.15) is 5.10 Å². The first-order valence-electron chi connectivity index (χ1n) is 12.2. The van der Waals surface area contributed by atoms with Crippen molar-refractivity contribution in [1.82, 2.24) is 30.2 Å². The number of amides is 3. The number of aryl methyl sites for hydroxylation is 2. The van der Waals surface area contributed by atoms with Crippen LogP contribution in [0.4, 0.5) is 0 Å². The minimum Gasteiger partial charge on any atom is -0.355 e. The maximum Gasteiger partial charge on any atom is 0.272 e. The highest BCUT2D eigenvalue weighted by atomic mass is 16.2. The van der Waals surface area contributed by atoms with Gasteiger partial charge in [0.2, 0.25) is 5.91 Å². The Morgan fingerprint density at radius 1 is 1.00 bits per heavy atom. The number of aromatic nitrogens is 2. The van der Waals surface area contributed by atoms with Crippen LogP contribution in [0.2, 0.25) is 0 Å². The van der Waals surface area contributed by atoms with Gasteiger partial charge in [-0.1, -0.05) is 29.8 Å². The summed E-state index contributed by atoms with van der Waals surface area (Å²) in [4.78, 5) is 41.9. The number of nitrogens with one attached hydrogen (secondary N) is 2. The molecule has 34 heavy (non-hydrogen) atoms. The summed E-state index contributed by atoms with van der Waals surface area (Å²) in [5.74, 6) is -0.575. The van der Waals surface area contributed by atoms with Crippen LogP contribution in [0.15, 0.2) is 30.3 Å². The molecular weight excluding hydrogens is 432 g/mol. The Hall–Kier alpha value is -3.20. The van der Waals surface area contributed by atoms with E-state index in [9.17, 15) is 14.4 Å². The lowest BCUT2D eigenvalue weighted by molar-refractivity contribution is -0.121. The number of fused-ring (bicyclic) bond motifs is 1. The SMILES string of the molecule is Cc1cccc(CN2CCCn3nc(C(=O)NCCC(=O)NCCN4CCCC4)cc3C2=O)c1. The standard InChI is InChI=1S/C25H34N6O3/c1-19-6-4-7-20(16-19)18-30-13-5-14-31-22(25(30)34)17-21(28-31)24(33)27-9-8-23(32)26-10-15-29-11-2-3-12-29/h4,6-7,16-17H,2-3,5,8-15,18H2,1H3,(H,26,32)(H,27,33). The first-order chi connectivity index (χ1) is 16.5. The van der Waals surface area contributed by atoms with E-state index in [2.05, 4.69) is 26.7 Å². The van der Waals surface area contributed by atoms with Crippen molar-refractivity contribution in [3.05, 3.63) is 52.8 Å². The molecular formula is C25H34N6O3. The molecule has 3 heterocycles. The van der Waals surface area contributed by atoms with Gasteiger partial charge in [0.05, 0.1) is 0 Å². The third-order valence-electron chi connectivity index (χ3n) is 6.36. The summed E-state index contributed by atoms with van der Waals surface area (Å²) in [5, 5.41) is 10.0. The molecule has 2 aromatic rings. The van der Waals surface area contributed by atoms with Gasteiger partial charge in [-0.15, -0.1) is 0 Å². The molecule has 1 saturated heterocycles. The van der Waals surface area contributed by atoms with Crippen LogP contribution in [0.25, 0.3) is 0 Å². The summed E-state index contributed by atoms with van der Waals surface area (Å²) < 4.78 is 1.62. The lowest BCUT2D eigenvalue weighted by Gasteiger charge is -2.20. The Labute approximate surface area is 200 Å². The van der Waals surface area contributed by atoms with E-state index in [1.54, 1.807) is 10.7 Å². The first-order valence-corrected chi connectivity index (χ1v) is 12.2. The van der Waals surface area contributed by atoms with Crippen LogP contribution >= 0.6 is 0 Å². The second kappa shape index (κ2) is 11.3. The highest BCUT2D eigenvalue weighted by Crippen LogP contribution is 2.17. The third kappa shape index (κ3) is 6.22. The predicted molar refractivity (Wildman–Crippen MR) is 128 cm³/mol. The Morgan fingerprint density at radius 2 is 1.82 bits per heavy atom. The van der Waals surface area contributed by atoms with Crippen LogP contribution in [0.5, 0.6) is 0 Å². The molecule has 2 aliphatic heterocycles. The highest BCUT2D eigenvalue weighted by molar-refractivity contribution is 5.98. The van der Waals surface area contributed by atoms with Gasteiger partial charge in [0.25, 0.3) is 11.8 Å². The molecule has 3 amide bonds. The average molecular weight is 467 g/mol. The topological polar surface area (TPSA) is 99.6 Å². The second-order valence-corrected chi connectivity index (χ2v) is 9.11. The highest BCUT2D eigenvalue weighted by Gasteiger charge is 2.26. The Bertz CT molecular complexity index is 1030. The largest absolute Gasteiger partial charge is 0.355 e. The van der Waals surface area contributed by atoms with E-state index in [0.717, 1.165) is 37.2 Å². The van der Waals surface area contributed by atoms with Crippen molar-refractivity contribution < 1.29 is 14.4 Å². The van der Waals surface area contributed by atoms with Crippen molar-refractivity contribution >= 4 is 17.7 Å². The average Bonchev–Trinajstić information content (AvgIpc) is 3.46. The van der Waals surface area contributed by atoms with E-state index in [1.165, 1.54) is 12.8 Å². The van der Waals surface area contributed by atoms with Gasteiger partial charge in [0, 0.05) is 51.8 Å². The molecule has 0 radical (unpaired) electrons. The van der Waals surface area contributed by atoms with E-state index in [-0.39, 0.29) is 36.4 Å². The van der Waals surface area contributed by atoms with Gasteiger partial charge >= 0.3 is 0 Å². The number of carbonyl (C=O) groups is 3. The fourth-order valence-electron chi connectivity index (χ4n) is 4.56. The van der Waals surface area contributed by atoms with E-state index >= 15 is 0 Å². The van der Waals surface area contributed by atoms with Gasteiger partial charge < -0.3 is 20.4 Å². The maximum absolute atomic E-state index is 13.1. The van der Waals surface area contributed by atoms with Crippen molar-refractivity contribution in [2.75, 3.05) is 39.3 Å². The van der Waals surface area contributed by atoms with Gasteiger partial charge in [-0.3, -0.25) is 19.1 Å². The monoisotopic (exact) mass is 466 g/mol. The van der Waals surface area contributed by atoms with Crippen molar-refractivity contribution in [3.8, 4) is 0 Å². The van der Waals surface area contributed by atoms with Crippen molar-refractivity contribution in [2.45, 2.75) is 45.7 Å². The lowest BCUT2D eigenvalue weighted by Crippen LogP contribution is -2.35. The number of nitrogens with zero attached hydrogens (tertiary/aromatic N) is 4. The zero-order chi connectivity index (χ0) is 23.9. The molecule has 4 rings (SSSR count). The fourth-order valence-corrected chi connectivity index (χ4v) is 4.56. The van der Waals surface area contributed by atoms with Gasteiger partial charge in [0.1, 0.15) is 5.69 Å². The van der Waals surface area contributed by atoms with Crippen LogP contribution in [0, 0.1) is 6.92 Å². The number of benzene rings is 1. The van der Waals surface area contributed by atoms with Crippen molar-refractivity contribution in [2.24, 2.45) is 0 Å². The summed E-state index contributed by atoms with van der Waals surface area (Å²) in [7, 11) is 0. The summed E-state index contributed by atoms with van der Waals surface area (Å²) >= 11 is 0. The van der Waals surface area contributed by atoms with E-state index in [4.69, 9.17) is 0 Å². The summed E-state index contributed by atoms with van der Waals surface area (Å²) in [6.45, 7) is 7.72. The molecule has 0 bridgehead atoms. The van der Waals surface area contributed by atoms with Crippen LogP contribution in [-0.4, -0.2) is 76.6 Å². The Kier molecular flexibility index (Phi) is 7.95. The summed E-state index contributed by atoms with van der Waals surface area (Å²) in [6.07, 6.45) is 3.44. The van der Waals surface area contributed by atoms with Crippen LogP contribution < -0.4 is 10.6 Å². The molecule has 0 saturated carbocycles. The minimum absolute atomic E-state index is 0.0814. The smallest absolute Gasteiger partial charge is 0.272 e. The molecule has 9 heteroatoms. The molecule has 1 aromatic heterocycles. The zero-order valence-corrected chi connectivity index (χ0v) is 19.9. The minimum atomic E-state index is -0.372. The van der Waals surface area contributed by atoms with Gasteiger partial charge in [-0.25, -0.2) is 0 Å². The molecule has 1 aromatic carbocycles. The number of hydrogen-bond donors (Lipinski definition) is 2. The molecule has 2 N–H and O–H groups in total. The number of carbonyl (C=O) groups excluding carboxylic acids is 3. The van der Waals surface area contributed by atoms with Gasteiger partial charge in [0.15, 0.2) is 5.69 Å².